The van der Waals surface area contributed by atoms with Gasteiger partial charge < -0.3 is 4.74 Å². The number of ether oxygens (including phenoxy) is 1. The first kappa shape index (κ1) is 14.6. The predicted molar refractivity (Wildman–Crippen MR) is 83.7 cm³/mol. The number of ketones is 1. The smallest absolute Gasteiger partial charge is 0.159 e. The summed E-state index contributed by atoms with van der Waals surface area (Å²) in [4.78, 5) is 14.1. The summed E-state index contributed by atoms with van der Waals surface area (Å²) in [5, 5.41) is 0. The van der Waals surface area contributed by atoms with Gasteiger partial charge in [0.05, 0.1) is 6.61 Å². The quantitative estimate of drug-likeness (QED) is 0.776. The summed E-state index contributed by atoms with van der Waals surface area (Å²) in [6.07, 6.45) is 4.20. The first-order chi connectivity index (χ1) is 10.2. The van der Waals surface area contributed by atoms with Crippen LogP contribution >= 0.6 is 0 Å². The van der Waals surface area contributed by atoms with Crippen molar-refractivity contribution in [2.45, 2.75) is 39.7 Å². The minimum Gasteiger partial charge on any atom is -0.494 e. The molecule has 0 aromatic heterocycles. The highest BCUT2D eigenvalue weighted by Crippen LogP contribution is 2.38. The molecule has 2 fully saturated rings. The van der Waals surface area contributed by atoms with E-state index in [1.165, 1.54) is 32.4 Å². The van der Waals surface area contributed by atoms with Crippen molar-refractivity contribution in [2.24, 2.45) is 11.8 Å². The number of hydrogen-bond donors (Lipinski definition) is 0. The maximum atomic E-state index is 11.6. The Morgan fingerprint density at radius 1 is 1.29 bits per heavy atom. The van der Waals surface area contributed by atoms with Gasteiger partial charge in [-0.25, -0.2) is 0 Å². The molecule has 2 atom stereocenters. The van der Waals surface area contributed by atoms with E-state index in [0.717, 1.165) is 35.3 Å². The fourth-order valence-electron chi connectivity index (χ4n) is 3.92. The third-order valence-corrected chi connectivity index (χ3v) is 4.96. The minimum absolute atomic E-state index is 0.123. The van der Waals surface area contributed by atoms with Crippen LogP contribution in [0.5, 0.6) is 5.75 Å². The SMILES string of the molecule is CCOc1ccc(C(C)=O)cc1CN1CC2CCCC2C1. The Bertz CT molecular complexity index is 514. The second-order valence-corrected chi connectivity index (χ2v) is 6.46. The van der Waals surface area contributed by atoms with Gasteiger partial charge in [0.15, 0.2) is 5.78 Å². The molecule has 3 heteroatoms. The number of benzene rings is 1. The summed E-state index contributed by atoms with van der Waals surface area (Å²) in [6.45, 7) is 7.62. The standard InChI is InChI=1S/C18H25NO2/c1-3-21-18-8-7-14(13(2)20)9-17(18)12-19-10-15-5-4-6-16(15)11-19/h7-9,15-16H,3-6,10-12H2,1-2H3. The Kier molecular flexibility index (Phi) is 4.29. The molecule has 1 aromatic rings. The molecule has 1 aliphatic heterocycles. The third-order valence-electron chi connectivity index (χ3n) is 4.96. The maximum absolute atomic E-state index is 11.6. The zero-order valence-electron chi connectivity index (χ0n) is 13.1. The van der Waals surface area contributed by atoms with Crippen LogP contribution < -0.4 is 4.74 Å². The molecule has 0 bridgehead atoms. The second kappa shape index (κ2) is 6.18. The van der Waals surface area contributed by atoms with Gasteiger partial charge in [-0.15, -0.1) is 0 Å². The van der Waals surface area contributed by atoms with Crippen LogP contribution in [0.1, 0.15) is 49.0 Å². The fourth-order valence-corrected chi connectivity index (χ4v) is 3.92. The lowest BCUT2D eigenvalue weighted by molar-refractivity contribution is 0.101. The Morgan fingerprint density at radius 3 is 2.62 bits per heavy atom. The number of likely N-dealkylation sites (tertiary alicyclic amines) is 1. The van der Waals surface area contributed by atoms with E-state index in [2.05, 4.69) is 4.90 Å². The van der Waals surface area contributed by atoms with Crippen molar-refractivity contribution in [3.05, 3.63) is 29.3 Å². The van der Waals surface area contributed by atoms with E-state index < -0.39 is 0 Å². The number of Topliss-reactive ketones (excluding diaryl/α,β-unsaturated/α-hetero) is 1. The molecule has 1 saturated carbocycles. The van der Waals surface area contributed by atoms with Gasteiger partial charge in [0.25, 0.3) is 0 Å². The molecule has 2 aliphatic rings. The molecule has 0 N–H and O–H groups in total. The van der Waals surface area contributed by atoms with Crippen molar-refractivity contribution < 1.29 is 9.53 Å². The molecular formula is C18H25NO2. The molecule has 3 nitrogen and oxygen atoms in total. The van der Waals surface area contributed by atoms with Gasteiger partial charge in [0, 0.05) is 30.8 Å². The second-order valence-electron chi connectivity index (χ2n) is 6.46. The number of carbonyl (C=O) groups excluding carboxylic acids is 1. The molecule has 1 heterocycles. The first-order valence-corrected chi connectivity index (χ1v) is 8.16. The predicted octanol–water partition coefficient (Wildman–Crippen LogP) is 3.52. The van der Waals surface area contributed by atoms with Crippen molar-refractivity contribution in [3.63, 3.8) is 0 Å². The lowest BCUT2D eigenvalue weighted by Crippen LogP contribution is -2.21. The topological polar surface area (TPSA) is 29.5 Å². The molecule has 2 unspecified atom stereocenters. The molecule has 21 heavy (non-hydrogen) atoms. The molecule has 0 amide bonds. The molecule has 0 radical (unpaired) electrons. The average molecular weight is 287 g/mol. The number of hydrogen-bond acceptors (Lipinski definition) is 3. The van der Waals surface area contributed by atoms with Crippen molar-refractivity contribution >= 4 is 5.78 Å². The monoisotopic (exact) mass is 287 g/mol. The van der Waals surface area contributed by atoms with E-state index >= 15 is 0 Å². The van der Waals surface area contributed by atoms with E-state index in [4.69, 9.17) is 4.74 Å². The van der Waals surface area contributed by atoms with Gasteiger partial charge in [0.2, 0.25) is 0 Å². The van der Waals surface area contributed by atoms with Crippen LogP contribution in [-0.4, -0.2) is 30.4 Å². The fraction of sp³-hybridized carbons (Fsp3) is 0.611. The maximum Gasteiger partial charge on any atom is 0.159 e. The van der Waals surface area contributed by atoms with Gasteiger partial charge in [-0.05, 0) is 56.7 Å². The molecule has 3 rings (SSSR count). The van der Waals surface area contributed by atoms with E-state index in [-0.39, 0.29) is 5.78 Å². The number of nitrogens with zero attached hydrogens (tertiary/aromatic N) is 1. The average Bonchev–Trinajstić information content (AvgIpc) is 3.01. The van der Waals surface area contributed by atoms with Gasteiger partial charge in [-0.3, -0.25) is 9.69 Å². The van der Waals surface area contributed by atoms with Crippen LogP contribution in [0.15, 0.2) is 18.2 Å². The highest BCUT2D eigenvalue weighted by molar-refractivity contribution is 5.94. The van der Waals surface area contributed by atoms with Gasteiger partial charge in [0.1, 0.15) is 5.75 Å². The third kappa shape index (κ3) is 3.13. The van der Waals surface area contributed by atoms with Crippen molar-refractivity contribution in [1.82, 2.24) is 4.90 Å². The summed E-state index contributed by atoms with van der Waals surface area (Å²) in [7, 11) is 0. The molecule has 1 aliphatic carbocycles. The van der Waals surface area contributed by atoms with Crippen LogP contribution in [0.2, 0.25) is 0 Å². The zero-order chi connectivity index (χ0) is 14.8. The van der Waals surface area contributed by atoms with Crippen LogP contribution in [0.4, 0.5) is 0 Å². The molecule has 114 valence electrons. The van der Waals surface area contributed by atoms with Gasteiger partial charge >= 0.3 is 0 Å². The number of rotatable bonds is 5. The zero-order valence-corrected chi connectivity index (χ0v) is 13.1. The summed E-state index contributed by atoms with van der Waals surface area (Å²) in [6, 6.07) is 5.84. The highest BCUT2D eigenvalue weighted by atomic mass is 16.5. The van der Waals surface area contributed by atoms with Crippen LogP contribution in [-0.2, 0) is 6.54 Å². The summed E-state index contributed by atoms with van der Waals surface area (Å²) < 4.78 is 5.74. The Morgan fingerprint density at radius 2 is 2.00 bits per heavy atom. The van der Waals surface area contributed by atoms with Gasteiger partial charge in [-0.1, -0.05) is 6.42 Å². The largest absolute Gasteiger partial charge is 0.494 e. The minimum atomic E-state index is 0.123. The van der Waals surface area contributed by atoms with Crippen molar-refractivity contribution in [2.75, 3.05) is 19.7 Å². The number of fused-ring (bicyclic) bond motifs is 1. The molecule has 0 spiro atoms. The van der Waals surface area contributed by atoms with E-state index in [1.807, 2.05) is 25.1 Å². The lowest BCUT2D eigenvalue weighted by atomic mass is 10.0. The Labute approximate surface area is 127 Å². The normalized spacial score (nSPS) is 25.0. The number of carbonyl (C=O) groups is 1. The first-order valence-electron chi connectivity index (χ1n) is 8.16. The molecular weight excluding hydrogens is 262 g/mol. The van der Waals surface area contributed by atoms with Crippen LogP contribution in [0, 0.1) is 11.8 Å². The van der Waals surface area contributed by atoms with Crippen LogP contribution in [0.3, 0.4) is 0 Å². The summed E-state index contributed by atoms with van der Waals surface area (Å²) in [5.41, 5.74) is 1.94. The Hall–Kier alpha value is -1.35. The highest BCUT2D eigenvalue weighted by Gasteiger charge is 2.36. The lowest BCUT2D eigenvalue weighted by Gasteiger charge is -2.19. The van der Waals surface area contributed by atoms with E-state index in [9.17, 15) is 4.79 Å². The molecule has 1 saturated heterocycles. The van der Waals surface area contributed by atoms with Gasteiger partial charge in [-0.2, -0.15) is 0 Å². The Balaban J connectivity index is 1.76. The van der Waals surface area contributed by atoms with Crippen molar-refractivity contribution in [3.8, 4) is 5.75 Å². The van der Waals surface area contributed by atoms with E-state index in [1.54, 1.807) is 6.92 Å². The summed E-state index contributed by atoms with van der Waals surface area (Å²) in [5.74, 6) is 2.85. The van der Waals surface area contributed by atoms with Crippen LogP contribution in [0.25, 0.3) is 0 Å². The summed E-state index contributed by atoms with van der Waals surface area (Å²) >= 11 is 0. The van der Waals surface area contributed by atoms with Crippen molar-refractivity contribution in [1.29, 1.82) is 0 Å². The molecule has 1 aromatic carbocycles. The van der Waals surface area contributed by atoms with E-state index in [0.29, 0.717) is 6.61 Å².